The molecule has 0 atom stereocenters. The molecule has 2 aromatic rings. The molecular weight excluding hydrogens is 232 g/mol. The zero-order valence-corrected chi connectivity index (χ0v) is 8.58. The number of hydrogen-bond donors (Lipinski definition) is 0. The van der Waals surface area contributed by atoms with E-state index >= 15 is 0 Å². The summed E-state index contributed by atoms with van der Waals surface area (Å²) >= 11 is 3.41. The average molecular weight is 239 g/mol. The summed E-state index contributed by atoms with van der Waals surface area (Å²) in [7, 11) is 0. The lowest BCUT2D eigenvalue weighted by molar-refractivity contribution is 0.112. The van der Waals surface area contributed by atoms with Crippen molar-refractivity contribution < 1.29 is 4.79 Å². The van der Waals surface area contributed by atoms with E-state index in [1.807, 2.05) is 17.5 Å². The highest BCUT2D eigenvalue weighted by atomic mass is 79.9. The van der Waals surface area contributed by atoms with Gasteiger partial charge in [-0.15, -0.1) is 0 Å². The molecule has 3 nitrogen and oxygen atoms in total. The van der Waals surface area contributed by atoms with E-state index < -0.39 is 0 Å². The van der Waals surface area contributed by atoms with Crippen LogP contribution >= 0.6 is 15.9 Å². The Kier molecular flexibility index (Phi) is 1.92. The van der Waals surface area contributed by atoms with E-state index in [-0.39, 0.29) is 0 Å². The number of imidazole rings is 1. The number of halogens is 1. The van der Waals surface area contributed by atoms with Crippen LogP contribution in [0.15, 0.2) is 22.9 Å². The van der Waals surface area contributed by atoms with E-state index in [4.69, 9.17) is 0 Å². The molecule has 0 saturated heterocycles. The largest absolute Gasteiger partial charge is 0.298 e. The highest BCUT2D eigenvalue weighted by Crippen LogP contribution is 2.18. The highest BCUT2D eigenvalue weighted by molar-refractivity contribution is 9.10. The minimum absolute atomic E-state index is 0.644. The number of pyridine rings is 1. The van der Waals surface area contributed by atoms with Crippen LogP contribution in [0.25, 0.3) is 5.65 Å². The van der Waals surface area contributed by atoms with Crippen molar-refractivity contribution in [2.45, 2.75) is 6.92 Å². The molecule has 0 aliphatic rings. The number of aryl methyl sites for hydroxylation is 1. The van der Waals surface area contributed by atoms with Crippen LogP contribution < -0.4 is 0 Å². The number of nitrogens with zero attached hydrogens (tertiary/aromatic N) is 2. The number of aromatic nitrogens is 2. The highest BCUT2D eigenvalue weighted by Gasteiger charge is 2.04. The first-order valence-electron chi connectivity index (χ1n) is 3.82. The third-order valence-corrected chi connectivity index (χ3v) is 2.84. The van der Waals surface area contributed by atoms with Crippen molar-refractivity contribution in [1.29, 1.82) is 0 Å². The second kappa shape index (κ2) is 2.96. The van der Waals surface area contributed by atoms with Crippen LogP contribution in [0, 0.1) is 6.92 Å². The zero-order chi connectivity index (χ0) is 9.42. The maximum atomic E-state index is 10.5. The van der Waals surface area contributed by atoms with Crippen molar-refractivity contribution in [3.05, 3.63) is 34.2 Å². The summed E-state index contributed by atoms with van der Waals surface area (Å²) in [6.45, 7) is 1.91. The van der Waals surface area contributed by atoms with Crippen molar-refractivity contribution in [3.63, 3.8) is 0 Å². The van der Waals surface area contributed by atoms with Gasteiger partial charge in [-0.2, -0.15) is 0 Å². The van der Waals surface area contributed by atoms with Crippen LogP contribution in [-0.4, -0.2) is 15.7 Å². The van der Waals surface area contributed by atoms with Gasteiger partial charge in [0.05, 0.1) is 5.69 Å². The number of carbonyl (C=O) groups is 1. The second-order valence-corrected chi connectivity index (χ2v) is 3.55. The lowest BCUT2D eigenvalue weighted by atomic mass is 10.3. The summed E-state index contributed by atoms with van der Waals surface area (Å²) in [5.41, 5.74) is 2.35. The molecule has 0 amide bonds. The van der Waals surface area contributed by atoms with E-state index in [2.05, 4.69) is 20.9 Å². The molecule has 0 spiro atoms. The number of aldehydes is 1. The summed E-state index contributed by atoms with van der Waals surface area (Å²) in [4.78, 5) is 14.8. The molecule has 0 aliphatic heterocycles. The minimum atomic E-state index is 0.644. The van der Waals surface area contributed by atoms with E-state index in [1.54, 1.807) is 12.1 Å². The molecule has 0 aliphatic carbocycles. The van der Waals surface area contributed by atoms with E-state index in [9.17, 15) is 4.79 Å². The molecule has 2 rings (SSSR count). The normalized spacial score (nSPS) is 10.6. The van der Waals surface area contributed by atoms with Gasteiger partial charge >= 0.3 is 0 Å². The quantitative estimate of drug-likeness (QED) is 0.715. The van der Waals surface area contributed by atoms with Gasteiger partial charge in [-0.1, -0.05) is 0 Å². The SMILES string of the molecule is Cc1nc2cc(C=O)ccn2c1Br. The molecule has 2 aromatic heterocycles. The zero-order valence-electron chi connectivity index (χ0n) is 6.99. The monoisotopic (exact) mass is 238 g/mol. The Morgan fingerprint density at radius 3 is 3.08 bits per heavy atom. The predicted molar refractivity (Wildman–Crippen MR) is 53.0 cm³/mol. The van der Waals surface area contributed by atoms with Gasteiger partial charge in [0.2, 0.25) is 0 Å². The van der Waals surface area contributed by atoms with Crippen LogP contribution in [0.3, 0.4) is 0 Å². The van der Waals surface area contributed by atoms with Gasteiger partial charge in [-0.05, 0) is 35.0 Å². The first-order valence-corrected chi connectivity index (χ1v) is 4.61. The molecule has 2 heterocycles. The molecule has 0 unspecified atom stereocenters. The molecule has 0 radical (unpaired) electrons. The van der Waals surface area contributed by atoms with Gasteiger partial charge < -0.3 is 0 Å². The maximum absolute atomic E-state index is 10.5. The number of hydrogen-bond acceptors (Lipinski definition) is 2. The Hall–Kier alpha value is -1.16. The predicted octanol–water partition coefficient (Wildman–Crippen LogP) is 2.22. The Bertz CT molecular complexity index is 476. The Morgan fingerprint density at radius 1 is 1.62 bits per heavy atom. The smallest absolute Gasteiger partial charge is 0.150 e. The molecule has 0 bridgehead atoms. The van der Waals surface area contributed by atoms with E-state index in [0.717, 1.165) is 22.2 Å². The van der Waals surface area contributed by atoms with Gasteiger partial charge in [0.1, 0.15) is 16.5 Å². The molecule has 13 heavy (non-hydrogen) atoms. The Balaban J connectivity index is 2.79. The van der Waals surface area contributed by atoms with Crippen LogP contribution in [0.2, 0.25) is 0 Å². The number of rotatable bonds is 1. The molecular formula is C9H7BrN2O. The van der Waals surface area contributed by atoms with Crippen LogP contribution in [-0.2, 0) is 0 Å². The van der Waals surface area contributed by atoms with Gasteiger partial charge in [0.25, 0.3) is 0 Å². The summed E-state index contributed by atoms with van der Waals surface area (Å²) < 4.78 is 2.82. The molecule has 0 aromatic carbocycles. The standard InChI is InChI=1S/C9H7BrN2O/c1-6-9(10)12-3-2-7(5-13)4-8(12)11-6/h2-5H,1H3. The van der Waals surface area contributed by atoms with Crippen molar-refractivity contribution in [3.8, 4) is 0 Å². The van der Waals surface area contributed by atoms with Crippen LogP contribution in [0.1, 0.15) is 16.1 Å². The Morgan fingerprint density at radius 2 is 2.38 bits per heavy atom. The average Bonchev–Trinajstić information content (AvgIpc) is 2.42. The van der Waals surface area contributed by atoms with Crippen molar-refractivity contribution in [2.75, 3.05) is 0 Å². The third kappa shape index (κ3) is 1.27. The van der Waals surface area contributed by atoms with Crippen molar-refractivity contribution >= 4 is 27.9 Å². The molecule has 0 saturated carbocycles. The second-order valence-electron chi connectivity index (χ2n) is 2.79. The van der Waals surface area contributed by atoms with E-state index in [1.165, 1.54) is 0 Å². The van der Waals surface area contributed by atoms with E-state index in [0.29, 0.717) is 5.56 Å². The first-order chi connectivity index (χ1) is 6.22. The molecule has 0 fully saturated rings. The molecule has 66 valence electrons. The minimum Gasteiger partial charge on any atom is -0.298 e. The summed E-state index contributed by atoms with van der Waals surface area (Å²) in [5.74, 6) is 0. The van der Waals surface area contributed by atoms with Gasteiger partial charge in [-0.25, -0.2) is 4.98 Å². The van der Waals surface area contributed by atoms with Crippen LogP contribution in [0.5, 0.6) is 0 Å². The van der Waals surface area contributed by atoms with Gasteiger partial charge in [0, 0.05) is 11.8 Å². The van der Waals surface area contributed by atoms with Gasteiger partial charge in [0.15, 0.2) is 0 Å². The van der Waals surface area contributed by atoms with Crippen molar-refractivity contribution in [1.82, 2.24) is 9.38 Å². The summed E-state index contributed by atoms with van der Waals surface area (Å²) in [6, 6.07) is 3.51. The Labute approximate surface area is 83.5 Å². The lowest BCUT2D eigenvalue weighted by Crippen LogP contribution is -1.86. The fourth-order valence-electron chi connectivity index (χ4n) is 1.22. The lowest BCUT2D eigenvalue weighted by Gasteiger charge is -1.94. The maximum Gasteiger partial charge on any atom is 0.150 e. The molecule has 4 heteroatoms. The number of carbonyl (C=O) groups excluding carboxylic acids is 1. The van der Waals surface area contributed by atoms with Crippen LogP contribution in [0.4, 0.5) is 0 Å². The fraction of sp³-hybridized carbons (Fsp3) is 0.111. The summed E-state index contributed by atoms with van der Waals surface area (Å²) in [5, 5.41) is 0. The van der Waals surface area contributed by atoms with Crippen molar-refractivity contribution in [2.24, 2.45) is 0 Å². The summed E-state index contributed by atoms with van der Waals surface area (Å²) in [6.07, 6.45) is 2.64. The van der Waals surface area contributed by atoms with Gasteiger partial charge in [-0.3, -0.25) is 9.20 Å². The topological polar surface area (TPSA) is 34.4 Å². The number of fused-ring (bicyclic) bond motifs is 1. The third-order valence-electron chi connectivity index (χ3n) is 1.89. The fourth-order valence-corrected chi connectivity index (χ4v) is 1.61. The first kappa shape index (κ1) is 8.44. The molecule has 0 N–H and O–H groups in total.